The van der Waals surface area contributed by atoms with E-state index in [1.54, 1.807) is 19.2 Å². The third-order valence-electron chi connectivity index (χ3n) is 4.71. The Morgan fingerprint density at radius 1 is 1.20 bits per heavy atom. The van der Waals surface area contributed by atoms with E-state index in [2.05, 4.69) is 10.1 Å². The first-order valence-electron chi connectivity index (χ1n) is 9.57. The Balaban J connectivity index is 1.76. The number of rotatable bonds is 8. The molecule has 0 aliphatic rings. The van der Waals surface area contributed by atoms with E-state index in [4.69, 9.17) is 16.1 Å². The van der Waals surface area contributed by atoms with Gasteiger partial charge in [-0.2, -0.15) is 4.98 Å². The van der Waals surface area contributed by atoms with Crippen molar-refractivity contribution in [3.8, 4) is 0 Å². The number of aliphatic hydroxyl groups excluding tert-OH is 1. The van der Waals surface area contributed by atoms with Crippen LogP contribution in [0.5, 0.6) is 0 Å². The highest BCUT2D eigenvalue weighted by Gasteiger charge is 2.18. The van der Waals surface area contributed by atoms with Gasteiger partial charge in [0, 0.05) is 34.6 Å². The molecule has 2 heterocycles. The van der Waals surface area contributed by atoms with E-state index in [0.29, 0.717) is 29.3 Å². The van der Waals surface area contributed by atoms with Crippen LogP contribution in [0.4, 0.5) is 0 Å². The fourth-order valence-electron chi connectivity index (χ4n) is 3.26. The molecule has 0 unspecified atom stereocenters. The lowest BCUT2D eigenvalue weighted by atomic mass is 10.1. The Morgan fingerprint density at radius 2 is 1.90 bits per heavy atom. The Kier molecular flexibility index (Phi) is 7.17. The molecule has 10 heteroatoms. The number of aromatic nitrogens is 4. The molecular formula is C20H23ClN4O4S. The Morgan fingerprint density at radius 3 is 2.53 bits per heavy atom. The highest BCUT2D eigenvalue weighted by atomic mass is 35.5. The topological polar surface area (TPSA) is 103 Å². The van der Waals surface area contributed by atoms with Gasteiger partial charge in [-0.05, 0) is 37.1 Å². The van der Waals surface area contributed by atoms with Gasteiger partial charge in [-0.3, -0.25) is 9.36 Å². The van der Waals surface area contributed by atoms with Crippen LogP contribution in [0.15, 0.2) is 43.3 Å². The molecule has 0 radical (unpaired) electrons. The van der Waals surface area contributed by atoms with E-state index in [1.165, 1.54) is 16.3 Å². The van der Waals surface area contributed by atoms with Gasteiger partial charge in [-0.1, -0.05) is 42.4 Å². The standard InChI is InChI=1S/C20H23ClN4O4S/c1-4-14-15(5-2)24(3)20(28)25(19(14)27)11-17-22-16(23-29-17)10-18(26)30-13-8-6-12(21)7-9-13/h6-9,18,26H,4-5,10-11H2,1-3H3/t18-/m1/s1. The third-order valence-corrected chi connectivity index (χ3v) is 5.94. The molecule has 3 rings (SSSR count). The second kappa shape index (κ2) is 9.63. The van der Waals surface area contributed by atoms with Gasteiger partial charge in [0.25, 0.3) is 5.56 Å². The molecule has 0 fully saturated rings. The van der Waals surface area contributed by atoms with Gasteiger partial charge >= 0.3 is 5.69 Å². The molecule has 1 N–H and O–H groups in total. The highest BCUT2D eigenvalue weighted by molar-refractivity contribution is 7.99. The third kappa shape index (κ3) is 4.85. The van der Waals surface area contributed by atoms with E-state index in [9.17, 15) is 14.7 Å². The van der Waals surface area contributed by atoms with E-state index < -0.39 is 11.1 Å². The summed E-state index contributed by atoms with van der Waals surface area (Å²) in [5.74, 6) is 0.434. The second-order valence-electron chi connectivity index (χ2n) is 6.70. The van der Waals surface area contributed by atoms with Crippen molar-refractivity contribution in [2.24, 2.45) is 7.05 Å². The molecule has 2 aromatic heterocycles. The van der Waals surface area contributed by atoms with Crippen LogP contribution in [0.2, 0.25) is 5.02 Å². The largest absolute Gasteiger partial charge is 0.382 e. The van der Waals surface area contributed by atoms with Crippen molar-refractivity contribution in [1.82, 2.24) is 19.3 Å². The number of halogens is 1. The van der Waals surface area contributed by atoms with E-state index in [1.807, 2.05) is 26.0 Å². The summed E-state index contributed by atoms with van der Waals surface area (Å²) in [7, 11) is 1.65. The highest BCUT2D eigenvalue weighted by Crippen LogP contribution is 2.25. The zero-order chi connectivity index (χ0) is 21.8. The van der Waals surface area contributed by atoms with E-state index >= 15 is 0 Å². The van der Waals surface area contributed by atoms with Crippen molar-refractivity contribution in [2.45, 2.75) is 50.0 Å². The van der Waals surface area contributed by atoms with Crippen molar-refractivity contribution in [1.29, 1.82) is 0 Å². The molecule has 0 saturated carbocycles. The predicted octanol–water partition coefficient (Wildman–Crippen LogP) is 2.41. The molecule has 160 valence electrons. The first kappa shape index (κ1) is 22.3. The average Bonchev–Trinajstić information content (AvgIpc) is 3.16. The summed E-state index contributed by atoms with van der Waals surface area (Å²) >= 11 is 7.11. The van der Waals surface area contributed by atoms with Crippen molar-refractivity contribution < 1.29 is 9.63 Å². The molecule has 30 heavy (non-hydrogen) atoms. The normalized spacial score (nSPS) is 12.3. The summed E-state index contributed by atoms with van der Waals surface area (Å²) in [5.41, 5.74) is -0.211. The summed E-state index contributed by atoms with van der Waals surface area (Å²) in [4.78, 5) is 30.5. The maximum absolute atomic E-state index is 12.8. The molecule has 0 aliphatic heterocycles. The first-order chi connectivity index (χ1) is 14.3. The van der Waals surface area contributed by atoms with Gasteiger partial charge in [0.15, 0.2) is 5.82 Å². The average molecular weight is 451 g/mol. The van der Waals surface area contributed by atoms with Gasteiger partial charge in [0.1, 0.15) is 12.0 Å². The zero-order valence-corrected chi connectivity index (χ0v) is 18.5. The van der Waals surface area contributed by atoms with E-state index in [-0.39, 0.29) is 24.4 Å². The molecule has 0 saturated heterocycles. The lowest BCUT2D eigenvalue weighted by Gasteiger charge is -2.13. The number of hydrogen-bond donors (Lipinski definition) is 1. The van der Waals surface area contributed by atoms with Crippen LogP contribution in [0, 0.1) is 0 Å². The second-order valence-corrected chi connectivity index (χ2v) is 8.39. The molecule has 8 nitrogen and oxygen atoms in total. The van der Waals surface area contributed by atoms with Gasteiger partial charge in [0.05, 0.1) is 0 Å². The number of thioether (sulfide) groups is 1. The monoisotopic (exact) mass is 450 g/mol. The SMILES string of the molecule is CCc1c(CC)n(C)c(=O)n(Cc2nc(C[C@H](O)Sc3ccc(Cl)cc3)no2)c1=O. The maximum Gasteiger partial charge on any atom is 0.331 e. The van der Waals surface area contributed by atoms with Crippen molar-refractivity contribution >= 4 is 23.4 Å². The summed E-state index contributed by atoms with van der Waals surface area (Å²) in [6.07, 6.45) is 1.27. The number of nitrogens with zero attached hydrogens (tertiary/aromatic N) is 4. The minimum absolute atomic E-state index is 0.115. The minimum Gasteiger partial charge on any atom is -0.382 e. The molecule has 0 aliphatic carbocycles. The Hall–Kier alpha value is -2.36. The lowest BCUT2D eigenvalue weighted by molar-refractivity contribution is 0.258. The fourth-order valence-corrected chi connectivity index (χ4v) is 4.22. The quantitative estimate of drug-likeness (QED) is 0.415. The van der Waals surface area contributed by atoms with Crippen molar-refractivity contribution in [3.63, 3.8) is 0 Å². The van der Waals surface area contributed by atoms with Crippen LogP contribution in [0.25, 0.3) is 0 Å². The molecule has 0 spiro atoms. The molecule has 1 atom stereocenters. The molecule has 3 aromatic rings. The van der Waals surface area contributed by atoms with E-state index in [0.717, 1.165) is 15.2 Å². The number of hydrogen-bond acceptors (Lipinski definition) is 7. The molecule has 0 amide bonds. The summed E-state index contributed by atoms with van der Waals surface area (Å²) in [6, 6.07) is 7.11. The van der Waals surface area contributed by atoms with Crippen molar-refractivity contribution in [3.05, 3.63) is 73.1 Å². The predicted molar refractivity (Wildman–Crippen MR) is 115 cm³/mol. The fraction of sp³-hybridized carbons (Fsp3) is 0.400. The van der Waals surface area contributed by atoms with Gasteiger partial charge < -0.3 is 14.2 Å². The Bertz CT molecular complexity index is 1140. The minimum atomic E-state index is -0.789. The van der Waals surface area contributed by atoms with Crippen LogP contribution in [0.1, 0.15) is 36.8 Å². The smallest absolute Gasteiger partial charge is 0.331 e. The van der Waals surface area contributed by atoms with Crippen LogP contribution in [-0.4, -0.2) is 29.8 Å². The summed E-state index contributed by atoms with van der Waals surface area (Å²) in [6.45, 7) is 3.68. The lowest BCUT2D eigenvalue weighted by Crippen LogP contribution is -2.42. The Labute approximate surface area is 182 Å². The molecular weight excluding hydrogens is 428 g/mol. The van der Waals surface area contributed by atoms with Crippen LogP contribution in [-0.2, 0) is 32.9 Å². The molecule has 1 aromatic carbocycles. The van der Waals surface area contributed by atoms with Gasteiger partial charge in [0.2, 0.25) is 5.89 Å². The van der Waals surface area contributed by atoms with Crippen molar-refractivity contribution in [2.75, 3.05) is 0 Å². The van der Waals surface area contributed by atoms with Crippen LogP contribution >= 0.6 is 23.4 Å². The molecule has 0 bridgehead atoms. The van der Waals surface area contributed by atoms with Crippen LogP contribution in [0.3, 0.4) is 0 Å². The first-order valence-corrected chi connectivity index (χ1v) is 10.8. The summed E-state index contributed by atoms with van der Waals surface area (Å²) in [5, 5.41) is 14.8. The number of aliphatic hydroxyl groups is 1. The van der Waals surface area contributed by atoms with Crippen LogP contribution < -0.4 is 11.2 Å². The number of benzene rings is 1. The van der Waals surface area contributed by atoms with Gasteiger partial charge in [-0.25, -0.2) is 4.79 Å². The van der Waals surface area contributed by atoms with Gasteiger partial charge in [-0.15, -0.1) is 0 Å². The summed E-state index contributed by atoms with van der Waals surface area (Å²) < 4.78 is 7.80. The maximum atomic E-state index is 12.8. The zero-order valence-electron chi connectivity index (χ0n) is 17.0.